The van der Waals surface area contributed by atoms with Crippen LogP contribution in [0.25, 0.3) is 30.8 Å². The average molecular weight is 384 g/mol. The first kappa shape index (κ1) is 16.2. The topological polar surface area (TPSA) is 112 Å². The lowest BCUT2D eigenvalue weighted by molar-refractivity contribution is -0.384. The summed E-state index contributed by atoms with van der Waals surface area (Å²) in [5.74, 6) is 0. The second kappa shape index (κ2) is 6.24. The van der Waals surface area contributed by atoms with E-state index in [9.17, 15) is 20.2 Å². The standard InChI is InChI=1S/C16H8N4O4S2/c21-19(22)11-7-3-1-5-9(11)13-17-15-16(25-13)18-14(26-15)10-6-2-4-8-12(10)20(23)24/h1-8H. The van der Waals surface area contributed by atoms with Crippen LogP contribution in [-0.4, -0.2) is 19.8 Å². The maximum absolute atomic E-state index is 11.2. The molecule has 0 saturated carbocycles. The molecule has 0 fully saturated rings. The second-order valence-electron chi connectivity index (χ2n) is 5.20. The molecule has 0 saturated heterocycles. The maximum Gasteiger partial charge on any atom is 0.279 e. The predicted molar refractivity (Wildman–Crippen MR) is 99.5 cm³/mol. The van der Waals surface area contributed by atoms with Gasteiger partial charge in [-0.2, -0.15) is 0 Å². The summed E-state index contributed by atoms with van der Waals surface area (Å²) < 4.78 is 0. The van der Waals surface area contributed by atoms with Crippen LogP contribution in [0, 0.1) is 20.2 Å². The highest BCUT2D eigenvalue weighted by Crippen LogP contribution is 2.40. The van der Waals surface area contributed by atoms with E-state index in [-0.39, 0.29) is 11.4 Å². The summed E-state index contributed by atoms with van der Waals surface area (Å²) in [5, 5.41) is 23.4. The molecular weight excluding hydrogens is 376 g/mol. The molecule has 0 N–H and O–H groups in total. The Labute approximate surface area is 153 Å². The second-order valence-corrected chi connectivity index (χ2v) is 7.15. The van der Waals surface area contributed by atoms with Crippen molar-refractivity contribution in [1.29, 1.82) is 0 Å². The van der Waals surface area contributed by atoms with Gasteiger partial charge >= 0.3 is 0 Å². The molecule has 2 aromatic heterocycles. The number of nitro benzene ring substituents is 2. The van der Waals surface area contributed by atoms with Crippen molar-refractivity contribution < 1.29 is 9.85 Å². The molecule has 8 nitrogen and oxygen atoms in total. The lowest BCUT2D eigenvalue weighted by Gasteiger charge is -1.98. The average Bonchev–Trinajstić information content (AvgIpc) is 3.20. The largest absolute Gasteiger partial charge is 0.279 e. The predicted octanol–water partition coefficient (Wildman–Crippen LogP) is 4.90. The van der Waals surface area contributed by atoms with Gasteiger partial charge in [0.25, 0.3) is 11.4 Å². The van der Waals surface area contributed by atoms with Gasteiger partial charge in [-0.1, -0.05) is 46.9 Å². The number of benzene rings is 2. The molecule has 0 atom stereocenters. The van der Waals surface area contributed by atoms with Gasteiger partial charge in [0.15, 0.2) is 9.66 Å². The molecule has 0 unspecified atom stereocenters. The van der Waals surface area contributed by atoms with Crippen molar-refractivity contribution in [3.63, 3.8) is 0 Å². The molecule has 0 aliphatic heterocycles. The first-order chi connectivity index (χ1) is 12.5. The van der Waals surface area contributed by atoms with Crippen molar-refractivity contribution in [2.45, 2.75) is 0 Å². The molecule has 0 aliphatic carbocycles. The van der Waals surface area contributed by atoms with Crippen LogP contribution in [0.15, 0.2) is 48.5 Å². The Kier molecular flexibility index (Phi) is 3.90. The Morgan fingerprint density at radius 2 is 1.08 bits per heavy atom. The van der Waals surface area contributed by atoms with Crippen LogP contribution in [-0.2, 0) is 0 Å². The Hall–Kier alpha value is -3.24. The van der Waals surface area contributed by atoms with Crippen LogP contribution < -0.4 is 0 Å². The van der Waals surface area contributed by atoms with Gasteiger partial charge in [0.05, 0.1) is 21.0 Å². The lowest BCUT2D eigenvalue weighted by atomic mass is 10.2. The van der Waals surface area contributed by atoms with Gasteiger partial charge in [0.2, 0.25) is 0 Å². The van der Waals surface area contributed by atoms with Crippen molar-refractivity contribution in [3.8, 4) is 21.1 Å². The quantitative estimate of drug-likeness (QED) is 0.365. The summed E-state index contributed by atoms with van der Waals surface area (Å²) in [4.78, 5) is 31.6. The molecule has 0 spiro atoms. The van der Waals surface area contributed by atoms with Gasteiger partial charge in [0.1, 0.15) is 10.0 Å². The van der Waals surface area contributed by atoms with E-state index in [1.807, 2.05) is 0 Å². The van der Waals surface area contributed by atoms with Crippen molar-refractivity contribution >= 4 is 43.7 Å². The van der Waals surface area contributed by atoms with Crippen LogP contribution in [0.2, 0.25) is 0 Å². The SMILES string of the molecule is O=[N+]([O-])c1ccccc1-c1nc2sc(-c3ccccc3[N+](=O)[O-])nc2s1. The van der Waals surface area contributed by atoms with Gasteiger partial charge in [-0.15, -0.1) is 0 Å². The fourth-order valence-electron chi connectivity index (χ4n) is 2.50. The number of fused-ring (bicyclic) bond motifs is 1. The van der Waals surface area contributed by atoms with Crippen LogP contribution in [0.5, 0.6) is 0 Å². The highest BCUT2D eigenvalue weighted by molar-refractivity contribution is 7.29. The summed E-state index contributed by atoms with van der Waals surface area (Å²) in [6, 6.07) is 12.8. The lowest BCUT2D eigenvalue weighted by Crippen LogP contribution is -1.91. The van der Waals surface area contributed by atoms with Crippen molar-refractivity contribution in [3.05, 3.63) is 68.8 Å². The Morgan fingerprint density at radius 1 is 0.692 bits per heavy atom. The fourth-order valence-corrected chi connectivity index (χ4v) is 4.61. The van der Waals surface area contributed by atoms with E-state index in [1.165, 1.54) is 34.8 Å². The molecule has 0 bridgehead atoms. The molecule has 4 aromatic rings. The molecule has 4 rings (SSSR count). The number of nitrogens with zero attached hydrogens (tertiary/aromatic N) is 4. The zero-order chi connectivity index (χ0) is 18.3. The van der Waals surface area contributed by atoms with Crippen LogP contribution in [0.1, 0.15) is 0 Å². The van der Waals surface area contributed by atoms with Gasteiger partial charge < -0.3 is 0 Å². The van der Waals surface area contributed by atoms with Crippen LogP contribution in [0.4, 0.5) is 11.4 Å². The summed E-state index contributed by atoms with van der Waals surface area (Å²) in [7, 11) is 0. The summed E-state index contributed by atoms with van der Waals surface area (Å²) in [6.07, 6.45) is 0. The first-order valence-electron chi connectivity index (χ1n) is 7.29. The third kappa shape index (κ3) is 2.70. The molecule has 26 heavy (non-hydrogen) atoms. The molecule has 0 aliphatic rings. The number of aromatic nitrogens is 2. The third-order valence-corrected chi connectivity index (χ3v) is 5.73. The molecule has 10 heteroatoms. The zero-order valence-electron chi connectivity index (χ0n) is 12.9. The van der Waals surface area contributed by atoms with Crippen molar-refractivity contribution in [1.82, 2.24) is 9.97 Å². The minimum Gasteiger partial charge on any atom is -0.258 e. The van der Waals surface area contributed by atoms with Gasteiger partial charge in [-0.3, -0.25) is 20.2 Å². The Morgan fingerprint density at radius 3 is 1.46 bits per heavy atom. The first-order valence-corrected chi connectivity index (χ1v) is 8.93. The third-order valence-electron chi connectivity index (χ3n) is 3.64. The fraction of sp³-hybridized carbons (Fsp3) is 0. The summed E-state index contributed by atoms with van der Waals surface area (Å²) >= 11 is 2.45. The van der Waals surface area contributed by atoms with E-state index in [0.29, 0.717) is 30.8 Å². The zero-order valence-corrected chi connectivity index (χ0v) is 14.5. The number of rotatable bonds is 4. The number of thiazole rings is 2. The van der Waals surface area contributed by atoms with E-state index in [0.717, 1.165) is 0 Å². The number of nitro groups is 2. The Balaban J connectivity index is 1.81. The van der Waals surface area contributed by atoms with E-state index >= 15 is 0 Å². The molecule has 128 valence electrons. The molecule has 2 aromatic carbocycles. The van der Waals surface area contributed by atoms with E-state index < -0.39 is 9.85 Å². The number of hydrogen-bond acceptors (Lipinski definition) is 8. The van der Waals surface area contributed by atoms with E-state index in [4.69, 9.17) is 0 Å². The smallest absolute Gasteiger partial charge is 0.258 e. The minimum atomic E-state index is -0.447. The normalized spacial score (nSPS) is 10.9. The van der Waals surface area contributed by atoms with Crippen LogP contribution >= 0.6 is 22.7 Å². The molecular formula is C16H8N4O4S2. The number of hydrogen-bond donors (Lipinski definition) is 0. The number of para-hydroxylation sites is 2. The summed E-state index contributed by atoms with van der Waals surface area (Å²) in [6.45, 7) is 0. The van der Waals surface area contributed by atoms with Gasteiger partial charge in [-0.05, 0) is 12.1 Å². The molecule has 0 amide bonds. The van der Waals surface area contributed by atoms with Gasteiger partial charge in [0, 0.05) is 12.1 Å². The highest BCUT2D eigenvalue weighted by Gasteiger charge is 2.22. The monoisotopic (exact) mass is 384 g/mol. The Bertz CT molecular complexity index is 1050. The summed E-state index contributed by atoms with van der Waals surface area (Å²) in [5.41, 5.74) is 0.820. The molecule has 2 heterocycles. The minimum absolute atomic E-state index is 0.0205. The molecule has 0 radical (unpaired) electrons. The van der Waals surface area contributed by atoms with E-state index in [2.05, 4.69) is 9.97 Å². The highest BCUT2D eigenvalue weighted by atomic mass is 32.1. The van der Waals surface area contributed by atoms with Crippen molar-refractivity contribution in [2.75, 3.05) is 0 Å². The van der Waals surface area contributed by atoms with Crippen molar-refractivity contribution in [2.24, 2.45) is 0 Å². The maximum atomic E-state index is 11.2. The van der Waals surface area contributed by atoms with Crippen LogP contribution in [0.3, 0.4) is 0 Å². The van der Waals surface area contributed by atoms with Gasteiger partial charge in [-0.25, -0.2) is 9.97 Å². The van der Waals surface area contributed by atoms with E-state index in [1.54, 1.807) is 36.4 Å².